The summed E-state index contributed by atoms with van der Waals surface area (Å²) in [6.07, 6.45) is 1.40. The Bertz CT molecular complexity index is 394. The average Bonchev–Trinajstić information content (AvgIpc) is 2.89. The Morgan fingerprint density at radius 3 is 3.18 bits per heavy atom. The second-order valence-corrected chi connectivity index (χ2v) is 5.06. The molecular weight excluding hydrogens is 240 g/mol. The van der Waals surface area contributed by atoms with E-state index in [2.05, 4.69) is 17.2 Å². The normalized spacial score (nSPS) is 24.1. The van der Waals surface area contributed by atoms with Crippen molar-refractivity contribution in [3.05, 3.63) is 16.1 Å². The molecule has 1 aliphatic heterocycles. The third kappa shape index (κ3) is 3.24. The molecule has 6 heteroatoms. The average molecular weight is 256 g/mol. The van der Waals surface area contributed by atoms with Crippen molar-refractivity contribution in [1.29, 1.82) is 0 Å². The zero-order valence-corrected chi connectivity index (χ0v) is 10.5. The molecule has 1 aromatic rings. The number of nitrogens with zero attached hydrogens (tertiary/aromatic N) is 1. The Hall–Kier alpha value is -0.980. The van der Waals surface area contributed by atoms with Gasteiger partial charge in [-0.25, -0.2) is 9.78 Å². The molecule has 0 spiro atoms. The number of aromatic nitrogens is 1. The van der Waals surface area contributed by atoms with Crippen LogP contribution in [0.2, 0.25) is 0 Å². The fraction of sp³-hybridized carbons (Fsp3) is 0.636. The molecule has 0 amide bonds. The van der Waals surface area contributed by atoms with Crippen molar-refractivity contribution >= 4 is 17.3 Å². The number of carboxylic acid groups (broad SMARTS) is 1. The summed E-state index contributed by atoms with van der Waals surface area (Å²) in [7, 11) is 0. The Kier molecular flexibility index (Phi) is 4.09. The molecule has 17 heavy (non-hydrogen) atoms. The third-order valence-electron chi connectivity index (χ3n) is 2.98. The Balaban J connectivity index is 1.76. The van der Waals surface area contributed by atoms with E-state index in [1.54, 1.807) is 5.38 Å². The lowest BCUT2D eigenvalue weighted by atomic mass is 10.0. The number of rotatable bonds is 5. The SMILES string of the molecule is CC1OCCC1CNCc1csc(C(=O)O)n1. The molecule has 1 aliphatic rings. The lowest BCUT2D eigenvalue weighted by Crippen LogP contribution is -2.26. The number of hydrogen-bond donors (Lipinski definition) is 2. The van der Waals surface area contributed by atoms with Gasteiger partial charge in [0.1, 0.15) is 0 Å². The van der Waals surface area contributed by atoms with E-state index in [0.29, 0.717) is 18.6 Å². The molecular formula is C11H16N2O3S. The summed E-state index contributed by atoms with van der Waals surface area (Å²) in [5.41, 5.74) is 0.791. The zero-order chi connectivity index (χ0) is 12.3. The van der Waals surface area contributed by atoms with E-state index in [0.717, 1.165) is 25.3 Å². The highest BCUT2D eigenvalue weighted by Crippen LogP contribution is 2.19. The summed E-state index contributed by atoms with van der Waals surface area (Å²) < 4.78 is 5.47. The van der Waals surface area contributed by atoms with Gasteiger partial charge in [0.2, 0.25) is 5.01 Å². The van der Waals surface area contributed by atoms with Gasteiger partial charge in [-0.3, -0.25) is 0 Å². The first-order valence-corrected chi connectivity index (χ1v) is 6.55. The summed E-state index contributed by atoms with van der Waals surface area (Å²) >= 11 is 1.17. The van der Waals surface area contributed by atoms with Gasteiger partial charge in [0.25, 0.3) is 0 Å². The van der Waals surface area contributed by atoms with Crippen LogP contribution in [-0.4, -0.2) is 35.3 Å². The molecule has 2 unspecified atom stereocenters. The predicted octanol–water partition coefficient (Wildman–Crippen LogP) is 1.36. The van der Waals surface area contributed by atoms with Gasteiger partial charge in [-0.2, -0.15) is 0 Å². The van der Waals surface area contributed by atoms with Crippen LogP contribution in [0.25, 0.3) is 0 Å². The number of thiazole rings is 1. The molecule has 0 bridgehead atoms. The van der Waals surface area contributed by atoms with Crippen molar-refractivity contribution in [3.8, 4) is 0 Å². The maximum atomic E-state index is 10.7. The molecule has 0 saturated carbocycles. The van der Waals surface area contributed by atoms with Crippen molar-refractivity contribution in [2.75, 3.05) is 13.2 Å². The van der Waals surface area contributed by atoms with Crippen molar-refractivity contribution in [2.45, 2.75) is 26.0 Å². The molecule has 0 aromatic carbocycles. The summed E-state index contributed by atoms with van der Waals surface area (Å²) in [5.74, 6) is -0.411. The van der Waals surface area contributed by atoms with E-state index in [9.17, 15) is 4.79 Å². The fourth-order valence-electron chi connectivity index (χ4n) is 1.92. The first-order valence-electron chi connectivity index (χ1n) is 5.67. The van der Waals surface area contributed by atoms with Gasteiger partial charge in [0.05, 0.1) is 11.8 Å². The van der Waals surface area contributed by atoms with Crippen LogP contribution in [0.1, 0.15) is 28.8 Å². The Morgan fingerprint density at radius 1 is 1.76 bits per heavy atom. The van der Waals surface area contributed by atoms with Gasteiger partial charge in [-0.15, -0.1) is 11.3 Å². The number of ether oxygens (including phenoxy) is 1. The highest BCUT2D eigenvalue weighted by Gasteiger charge is 2.23. The Morgan fingerprint density at radius 2 is 2.59 bits per heavy atom. The van der Waals surface area contributed by atoms with E-state index in [1.807, 2.05) is 0 Å². The van der Waals surface area contributed by atoms with E-state index in [1.165, 1.54) is 11.3 Å². The number of aromatic carboxylic acids is 1. The van der Waals surface area contributed by atoms with Gasteiger partial charge in [0, 0.05) is 25.1 Å². The van der Waals surface area contributed by atoms with Gasteiger partial charge in [-0.05, 0) is 19.3 Å². The van der Waals surface area contributed by atoms with Crippen molar-refractivity contribution < 1.29 is 14.6 Å². The Labute approximate surface area is 104 Å². The first-order chi connectivity index (χ1) is 8.16. The second-order valence-electron chi connectivity index (χ2n) is 4.20. The van der Waals surface area contributed by atoms with E-state index < -0.39 is 5.97 Å². The monoisotopic (exact) mass is 256 g/mol. The first kappa shape index (κ1) is 12.5. The summed E-state index contributed by atoms with van der Waals surface area (Å²) in [6.45, 7) is 4.44. The second kappa shape index (κ2) is 5.57. The van der Waals surface area contributed by atoms with Crippen molar-refractivity contribution in [1.82, 2.24) is 10.3 Å². The maximum Gasteiger partial charge on any atom is 0.365 e. The van der Waals surface area contributed by atoms with Crippen molar-refractivity contribution in [2.24, 2.45) is 5.92 Å². The van der Waals surface area contributed by atoms with Gasteiger partial charge >= 0.3 is 5.97 Å². The van der Waals surface area contributed by atoms with Crippen LogP contribution in [0.15, 0.2) is 5.38 Å². The van der Waals surface area contributed by atoms with Gasteiger partial charge < -0.3 is 15.2 Å². The predicted molar refractivity (Wildman–Crippen MR) is 64.3 cm³/mol. The number of nitrogens with one attached hydrogen (secondary N) is 1. The minimum atomic E-state index is -0.959. The number of carbonyl (C=O) groups is 1. The molecule has 1 fully saturated rings. The minimum absolute atomic E-state index is 0.152. The molecule has 0 radical (unpaired) electrons. The molecule has 2 atom stereocenters. The lowest BCUT2D eigenvalue weighted by Gasteiger charge is -2.13. The largest absolute Gasteiger partial charge is 0.476 e. The molecule has 5 nitrogen and oxygen atoms in total. The molecule has 2 rings (SSSR count). The minimum Gasteiger partial charge on any atom is -0.476 e. The molecule has 1 aromatic heterocycles. The van der Waals surface area contributed by atoms with E-state index >= 15 is 0 Å². The zero-order valence-electron chi connectivity index (χ0n) is 9.68. The van der Waals surface area contributed by atoms with Crippen LogP contribution in [0, 0.1) is 5.92 Å². The quantitative estimate of drug-likeness (QED) is 0.832. The highest BCUT2D eigenvalue weighted by atomic mass is 32.1. The van der Waals surface area contributed by atoms with E-state index in [4.69, 9.17) is 9.84 Å². The lowest BCUT2D eigenvalue weighted by molar-refractivity contribution is 0.0696. The van der Waals surface area contributed by atoms with Crippen LogP contribution in [0.3, 0.4) is 0 Å². The molecule has 94 valence electrons. The van der Waals surface area contributed by atoms with Crippen LogP contribution < -0.4 is 5.32 Å². The van der Waals surface area contributed by atoms with Crippen molar-refractivity contribution in [3.63, 3.8) is 0 Å². The van der Waals surface area contributed by atoms with E-state index in [-0.39, 0.29) is 5.01 Å². The topological polar surface area (TPSA) is 71.5 Å². The summed E-state index contributed by atoms with van der Waals surface area (Å²) in [4.78, 5) is 14.7. The van der Waals surface area contributed by atoms with Gasteiger partial charge in [-0.1, -0.05) is 0 Å². The summed E-state index contributed by atoms with van der Waals surface area (Å²) in [5, 5.41) is 14.0. The standard InChI is InChI=1S/C11H16N2O3S/c1-7-8(2-3-16-7)4-12-5-9-6-17-10(13-9)11(14)15/h6-8,12H,2-5H2,1H3,(H,14,15). The maximum absolute atomic E-state index is 10.7. The third-order valence-corrected chi connectivity index (χ3v) is 3.86. The molecule has 0 aliphatic carbocycles. The molecule has 2 heterocycles. The van der Waals surface area contributed by atoms with Crippen LogP contribution >= 0.6 is 11.3 Å². The fourth-order valence-corrected chi connectivity index (χ4v) is 2.57. The molecule has 1 saturated heterocycles. The van der Waals surface area contributed by atoms with Crippen LogP contribution in [0.4, 0.5) is 0 Å². The smallest absolute Gasteiger partial charge is 0.365 e. The summed E-state index contributed by atoms with van der Waals surface area (Å²) in [6, 6.07) is 0. The number of hydrogen-bond acceptors (Lipinski definition) is 5. The highest BCUT2D eigenvalue weighted by molar-refractivity contribution is 7.11. The van der Waals surface area contributed by atoms with Crippen LogP contribution in [0.5, 0.6) is 0 Å². The number of carboxylic acids is 1. The van der Waals surface area contributed by atoms with Gasteiger partial charge in [0.15, 0.2) is 0 Å². The van der Waals surface area contributed by atoms with Crippen LogP contribution in [-0.2, 0) is 11.3 Å². The molecule has 2 N–H and O–H groups in total.